The molecule has 4 N–H and O–H groups in total. The number of halogens is 3. The summed E-state index contributed by atoms with van der Waals surface area (Å²) in [5, 5.41) is 14.0. The number of hydrogen-bond acceptors (Lipinski definition) is 4. The van der Waals surface area contributed by atoms with E-state index in [0.717, 1.165) is 41.5 Å². The van der Waals surface area contributed by atoms with E-state index in [-0.39, 0.29) is 17.9 Å². The molecule has 2 amide bonds. The lowest BCUT2D eigenvalue weighted by atomic mass is 9.84. The first-order valence-corrected chi connectivity index (χ1v) is 13.3. The van der Waals surface area contributed by atoms with Crippen LogP contribution in [0, 0.1) is 0 Å². The van der Waals surface area contributed by atoms with E-state index in [2.05, 4.69) is 37.2 Å². The van der Waals surface area contributed by atoms with Gasteiger partial charge in [0.25, 0.3) is 11.8 Å². The molecule has 0 aromatic heterocycles. The zero-order valence-corrected chi connectivity index (χ0v) is 22.4. The van der Waals surface area contributed by atoms with Crippen LogP contribution in [0.4, 0.5) is 11.4 Å². The van der Waals surface area contributed by atoms with Gasteiger partial charge in [0, 0.05) is 43.9 Å². The Morgan fingerprint density at radius 1 is 1.03 bits per heavy atom. The average Bonchev–Trinajstić information content (AvgIpc) is 3.09. The lowest BCUT2D eigenvalue weighted by molar-refractivity contribution is -0.119. The second-order valence-electron chi connectivity index (χ2n) is 9.17. The van der Waals surface area contributed by atoms with Crippen LogP contribution in [0.3, 0.4) is 0 Å². The van der Waals surface area contributed by atoms with Crippen LogP contribution in [0.5, 0.6) is 0 Å². The second kappa shape index (κ2) is 10.4. The maximum atomic E-state index is 13.7. The fourth-order valence-corrected chi connectivity index (χ4v) is 5.66. The minimum Gasteiger partial charge on any atom is -0.367 e. The van der Waals surface area contributed by atoms with Gasteiger partial charge in [-0.25, -0.2) is 0 Å². The van der Waals surface area contributed by atoms with Crippen molar-refractivity contribution in [2.24, 2.45) is 0 Å². The number of benzene rings is 3. The molecule has 2 aliphatic rings. The van der Waals surface area contributed by atoms with E-state index in [0.29, 0.717) is 33.4 Å². The number of rotatable bonds is 6. The third kappa shape index (κ3) is 5.11. The molecule has 36 heavy (non-hydrogen) atoms. The summed E-state index contributed by atoms with van der Waals surface area (Å²) in [7, 11) is 0. The van der Waals surface area contributed by atoms with Crippen LogP contribution < -0.4 is 21.3 Å². The summed E-state index contributed by atoms with van der Waals surface area (Å²) < 4.78 is 0.788. The molecule has 2 heterocycles. The summed E-state index contributed by atoms with van der Waals surface area (Å²) in [5.41, 5.74) is 2.10. The van der Waals surface area contributed by atoms with E-state index in [1.165, 1.54) is 0 Å². The van der Waals surface area contributed by atoms with Gasteiger partial charge in [-0.2, -0.15) is 0 Å². The van der Waals surface area contributed by atoms with Crippen LogP contribution in [0.1, 0.15) is 34.3 Å². The molecule has 1 unspecified atom stereocenters. The summed E-state index contributed by atoms with van der Waals surface area (Å²) in [4.78, 5) is 27.0. The van der Waals surface area contributed by atoms with Crippen LogP contribution in [-0.4, -0.2) is 30.9 Å². The molecule has 2 aliphatic heterocycles. The average molecular weight is 588 g/mol. The number of carbonyl (C=O) groups is 2. The smallest absolute Gasteiger partial charge is 0.255 e. The maximum Gasteiger partial charge on any atom is 0.255 e. The third-order valence-electron chi connectivity index (χ3n) is 6.68. The highest BCUT2D eigenvalue weighted by atomic mass is 79.9. The van der Waals surface area contributed by atoms with Crippen molar-refractivity contribution >= 4 is 62.3 Å². The molecule has 5 rings (SSSR count). The quantitative estimate of drug-likeness (QED) is 0.296. The molecule has 0 radical (unpaired) electrons. The van der Waals surface area contributed by atoms with E-state index >= 15 is 0 Å². The van der Waals surface area contributed by atoms with Crippen LogP contribution in [0.2, 0.25) is 10.0 Å². The van der Waals surface area contributed by atoms with Crippen LogP contribution in [-0.2, 0) is 16.8 Å². The number of anilines is 2. The molecular weight excluding hydrogens is 563 g/mol. The van der Waals surface area contributed by atoms with Crippen molar-refractivity contribution in [3.05, 3.63) is 91.9 Å². The summed E-state index contributed by atoms with van der Waals surface area (Å²) in [6.45, 7) is 1.75. The Kier molecular flexibility index (Phi) is 7.26. The molecule has 3 aromatic rings. The highest BCUT2D eigenvalue weighted by molar-refractivity contribution is 9.10. The Morgan fingerprint density at radius 2 is 1.81 bits per heavy atom. The monoisotopic (exact) mass is 586 g/mol. The maximum absolute atomic E-state index is 13.7. The number of fused-ring (bicyclic) bond motifs is 1. The van der Waals surface area contributed by atoms with Crippen molar-refractivity contribution < 1.29 is 9.59 Å². The molecule has 9 heteroatoms. The van der Waals surface area contributed by atoms with Gasteiger partial charge in [0.05, 0.1) is 5.56 Å². The normalized spacial score (nSPS) is 19.5. The van der Waals surface area contributed by atoms with Gasteiger partial charge >= 0.3 is 0 Å². The lowest BCUT2D eigenvalue weighted by Crippen LogP contribution is -2.45. The Hall–Kier alpha value is -2.58. The first kappa shape index (κ1) is 25.1. The van der Waals surface area contributed by atoms with Gasteiger partial charge in [0.15, 0.2) is 0 Å². The zero-order valence-electron chi connectivity index (χ0n) is 19.3. The minimum absolute atomic E-state index is 0.105. The summed E-state index contributed by atoms with van der Waals surface area (Å²) in [6.07, 6.45) is 2.07. The Balaban J connectivity index is 1.56. The van der Waals surface area contributed by atoms with Gasteiger partial charge in [0.2, 0.25) is 0 Å². The Labute approximate surface area is 228 Å². The van der Waals surface area contributed by atoms with Gasteiger partial charge in [-0.05, 0) is 74.0 Å². The van der Waals surface area contributed by atoms with E-state index in [9.17, 15) is 9.59 Å². The van der Waals surface area contributed by atoms with Gasteiger partial charge in [-0.15, -0.1) is 0 Å². The summed E-state index contributed by atoms with van der Waals surface area (Å²) >= 11 is 16.0. The van der Waals surface area contributed by atoms with E-state index in [1.807, 2.05) is 36.4 Å². The van der Waals surface area contributed by atoms with Crippen LogP contribution in [0.15, 0.2) is 65.1 Å². The molecule has 1 fully saturated rings. The molecular formula is C27H25BrCl2N4O2. The predicted molar refractivity (Wildman–Crippen MR) is 148 cm³/mol. The van der Waals surface area contributed by atoms with E-state index in [1.54, 1.807) is 24.3 Å². The Bertz CT molecular complexity index is 1330. The highest BCUT2D eigenvalue weighted by Gasteiger charge is 2.47. The fraction of sp³-hybridized carbons (Fsp3) is 0.259. The SMILES string of the molecule is O=C(NC1CCNCC1)c1ccc(Br)cc1NC1(Cc2cccc(Cl)c2)C(=O)Nc2cc(Cl)ccc21. The number of nitrogens with one attached hydrogen (secondary N) is 4. The van der Waals surface area contributed by atoms with Crippen molar-refractivity contribution in [2.75, 3.05) is 23.7 Å². The van der Waals surface area contributed by atoms with Gasteiger partial charge < -0.3 is 21.3 Å². The largest absolute Gasteiger partial charge is 0.367 e. The molecule has 0 bridgehead atoms. The summed E-state index contributed by atoms with van der Waals surface area (Å²) in [5.74, 6) is -0.408. The van der Waals surface area contributed by atoms with Crippen molar-refractivity contribution in [3.8, 4) is 0 Å². The van der Waals surface area contributed by atoms with Gasteiger partial charge in [0.1, 0.15) is 5.54 Å². The van der Waals surface area contributed by atoms with E-state index in [4.69, 9.17) is 23.2 Å². The number of amides is 2. The zero-order chi connectivity index (χ0) is 25.3. The van der Waals surface area contributed by atoms with Crippen molar-refractivity contribution in [1.82, 2.24) is 10.6 Å². The molecule has 186 valence electrons. The molecule has 6 nitrogen and oxygen atoms in total. The van der Waals surface area contributed by atoms with E-state index < -0.39 is 5.54 Å². The van der Waals surface area contributed by atoms with Gasteiger partial charge in [-0.1, -0.05) is 57.3 Å². The summed E-state index contributed by atoms with van der Waals surface area (Å²) in [6, 6.07) is 18.3. The first-order chi connectivity index (χ1) is 17.3. The highest BCUT2D eigenvalue weighted by Crippen LogP contribution is 2.43. The number of hydrogen-bond donors (Lipinski definition) is 4. The lowest BCUT2D eigenvalue weighted by Gasteiger charge is -2.32. The molecule has 1 atom stereocenters. The Morgan fingerprint density at radius 3 is 2.58 bits per heavy atom. The molecule has 0 spiro atoms. The van der Waals surface area contributed by atoms with Crippen LogP contribution in [0.25, 0.3) is 0 Å². The van der Waals surface area contributed by atoms with Crippen LogP contribution >= 0.6 is 39.1 Å². The standard InChI is InChI=1S/C27H25BrCl2N4O2/c28-17-4-6-21(25(35)32-20-8-10-31-11-9-20)23(13-17)34-27(15-16-2-1-3-18(29)12-16)22-7-5-19(30)14-24(22)33-26(27)36/h1-7,12-14,20,31,34H,8-11,15H2,(H,32,35)(H,33,36). The van der Waals surface area contributed by atoms with Crippen molar-refractivity contribution in [1.29, 1.82) is 0 Å². The molecule has 3 aromatic carbocycles. The fourth-order valence-electron chi connectivity index (χ4n) is 4.92. The molecule has 0 aliphatic carbocycles. The number of piperidine rings is 1. The molecule has 1 saturated heterocycles. The first-order valence-electron chi connectivity index (χ1n) is 11.8. The topological polar surface area (TPSA) is 82.3 Å². The van der Waals surface area contributed by atoms with Crippen molar-refractivity contribution in [3.63, 3.8) is 0 Å². The minimum atomic E-state index is -1.19. The predicted octanol–water partition coefficient (Wildman–Crippen LogP) is 5.74. The molecule has 0 saturated carbocycles. The third-order valence-corrected chi connectivity index (χ3v) is 7.65. The van der Waals surface area contributed by atoms with Gasteiger partial charge in [-0.3, -0.25) is 9.59 Å². The second-order valence-corrected chi connectivity index (χ2v) is 11.0. The van der Waals surface area contributed by atoms with Crippen molar-refractivity contribution in [2.45, 2.75) is 30.8 Å². The number of carbonyl (C=O) groups excluding carboxylic acids is 2.